The monoisotopic (exact) mass is 417 g/mol. The average molecular weight is 417 g/mol. The molecule has 2 aromatic heterocycles. The lowest BCUT2D eigenvalue weighted by atomic mass is 10.1. The van der Waals surface area contributed by atoms with E-state index in [1.54, 1.807) is 42.7 Å². The first-order valence-corrected chi connectivity index (χ1v) is 10.4. The van der Waals surface area contributed by atoms with Crippen molar-refractivity contribution in [3.63, 3.8) is 0 Å². The number of benzene rings is 2. The predicted octanol–water partition coefficient (Wildman–Crippen LogP) is 3.39. The molecule has 0 fully saturated rings. The first-order chi connectivity index (χ1) is 14.5. The second-order valence-electron chi connectivity index (χ2n) is 6.33. The van der Waals surface area contributed by atoms with E-state index < -0.39 is 10.0 Å². The number of aromatic nitrogens is 3. The molecule has 0 aliphatic heterocycles. The Hall–Kier alpha value is -4.03. The number of sulfonamides is 1. The van der Waals surface area contributed by atoms with Gasteiger partial charge in [-0.25, -0.2) is 8.42 Å². The van der Waals surface area contributed by atoms with E-state index >= 15 is 0 Å². The van der Waals surface area contributed by atoms with Gasteiger partial charge in [0.25, 0.3) is 10.0 Å². The van der Waals surface area contributed by atoms with E-state index in [2.05, 4.69) is 19.8 Å². The van der Waals surface area contributed by atoms with Gasteiger partial charge < -0.3 is 4.52 Å². The van der Waals surface area contributed by atoms with E-state index in [-0.39, 0.29) is 11.3 Å². The second kappa shape index (κ2) is 8.14. The van der Waals surface area contributed by atoms with Gasteiger partial charge in [0.05, 0.1) is 28.6 Å². The molecule has 0 atom stereocenters. The Bertz CT molecular complexity index is 1310. The third-order valence-corrected chi connectivity index (χ3v) is 5.67. The molecular weight excluding hydrogens is 402 g/mol. The molecule has 0 radical (unpaired) electrons. The Labute approximate surface area is 172 Å². The van der Waals surface area contributed by atoms with Crippen molar-refractivity contribution in [2.24, 2.45) is 0 Å². The zero-order valence-electron chi connectivity index (χ0n) is 15.6. The van der Waals surface area contributed by atoms with Crippen LogP contribution in [0.15, 0.2) is 82.5 Å². The van der Waals surface area contributed by atoms with E-state index in [0.717, 1.165) is 5.56 Å². The van der Waals surface area contributed by atoms with Gasteiger partial charge in [0.15, 0.2) is 0 Å². The maximum Gasteiger partial charge on any atom is 0.261 e. The van der Waals surface area contributed by atoms with Gasteiger partial charge in [-0.05, 0) is 48.0 Å². The van der Waals surface area contributed by atoms with E-state index in [1.807, 2.05) is 12.1 Å². The first-order valence-electron chi connectivity index (χ1n) is 8.89. The van der Waals surface area contributed by atoms with Crippen LogP contribution in [-0.2, 0) is 16.4 Å². The average Bonchev–Trinajstić information content (AvgIpc) is 3.24. The van der Waals surface area contributed by atoms with Crippen LogP contribution in [0, 0.1) is 11.3 Å². The van der Waals surface area contributed by atoms with Gasteiger partial charge in [0, 0.05) is 18.0 Å². The molecule has 2 aromatic carbocycles. The normalized spacial score (nSPS) is 11.0. The number of hydrogen-bond acceptors (Lipinski definition) is 7. The number of hydrogen-bond donors (Lipinski definition) is 1. The number of para-hydroxylation sites is 1. The van der Waals surface area contributed by atoms with Crippen LogP contribution in [0.25, 0.3) is 11.4 Å². The number of nitrogens with zero attached hydrogens (tertiary/aromatic N) is 4. The quantitative estimate of drug-likeness (QED) is 0.510. The molecule has 0 aliphatic carbocycles. The van der Waals surface area contributed by atoms with Gasteiger partial charge in [-0.2, -0.15) is 10.2 Å². The Balaban J connectivity index is 1.57. The highest BCUT2D eigenvalue weighted by atomic mass is 32.2. The zero-order valence-corrected chi connectivity index (χ0v) is 16.4. The molecule has 0 unspecified atom stereocenters. The Morgan fingerprint density at radius 3 is 2.57 bits per heavy atom. The third kappa shape index (κ3) is 4.19. The molecule has 0 spiro atoms. The molecule has 8 nitrogen and oxygen atoms in total. The molecule has 9 heteroatoms. The molecular formula is C21H15N5O3S. The molecule has 0 bridgehead atoms. The van der Waals surface area contributed by atoms with Gasteiger partial charge in [0.1, 0.15) is 0 Å². The molecule has 0 amide bonds. The number of pyridine rings is 1. The summed E-state index contributed by atoms with van der Waals surface area (Å²) in [7, 11) is -3.83. The summed E-state index contributed by atoms with van der Waals surface area (Å²) in [5.41, 5.74) is 2.19. The molecule has 2 heterocycles. The van der Waals surface area contributed by atoms with Crippen molar-refractivity contribution in [1.29, 1.82) is 5.26 Å². The summed E-state index contributed by atoms with van der Waals surface area (Å²) in [6, 6.07) is 18.2. The van der Waals surface area contributed by atoms with E-state index in [4.69, 9.17) is 9.78 Å². The predicted molar refractivity (Wildman–Crippen MR) is 109 cm³/mol. The maximum atomic E-state index is 12.7. The minimum atomic E-state index is -3.83. The molecule has 0 aliphatic rings. The van der Waals surface area contributed by atoms with Gasteiger partial charge in [-0.3, -0.25) is 9.71 Å². The van der Waals surface area contributed by atoms with Crippen molar-refractivity contribution in [3.8, 4) is 17.5 Å². The number of nitriles is 1. The van der Waals surface area contributed by atoms with Crippen molar-refractivity contribution in [1.82, 2.24) is 15.1 Å². The molecule has 30 heavy (non-hydrogen) atoms. The summed E-state index contributed by atoms with van der Waals surface area (Å²) in [6.45, 7) is 0. The highest BCUT2D eigenvalue weighted by Gasteiger charge is 2.17. The summed E-state index contributed by atoms with van der Waals surface area (Å²) in [4.78, 5) is 8.46. The topological polar surface area (TPSA) is 122 Å². The zero-order chi connectivity index (χ0) is 21.0. The van der Waals surface area contributed by atoms with Crippen molar-refractivity contribution < 1.29 is 12.9 Å². The van der Waals surface area contributed by atoms with Crippen molar-refractivity contribution in [2.45, 2.75) is 11.3 Å². The number of rotatable bonds is 6. The Morgan fingerprint density at radius 1 is 1.03 bits per heavy atom. The molecule has 148 valence electrons. The summed E-state index contributed by atoms with van der Waals surface area (Å²) in [5.74, 6) is 0.757. The van der Waals surface area contributed by atoms with Gasteiger partial charge >= 0.3 is 0 Å². The van der Waals surface area contributed by atoms with Crippen molar-refractivity contribution in [2.75, 3.05) is 4.72 Å². The molecule has 4 rings (SSSR count). The number of nitrogens with one attached hydrogen (secondary N) is 1. The molecule has 0 saturated heterocycles. The summed E-state index contributed by atoms with van der Waals surface area (Å²) in [6.07, 6.45) is 3.54. The third-order valence-electron chi connectivity index (χ3n) is 4.28. The van der Waals surface area contributed by atoms with Gasteiger partial charge in [0.2, 0.25) is 11.7 Å². The fourth-order valence-electron chi connectivity index (χ4n) is 2.79. The summed E-state index contributed by atoms with van der Waals surface area (Å²) >= 11 is 0. The van der Waals surface area contributed by atoms with Crippen molar-refractivity contribution in [3.05, 3.63) is 90.1 Å². The highest BCUT2D eigenvalue weighted by molar-refractivity contribution is 7.92. The SMILES string of the molecule is N#Cc1ccc(S(=O)(=O)Nc2ccccc2Cc2nc(-c3cccnc3)no2)cc1. The Kier molecular flexibility index (Phi) is 5.24. The molecule has 1 N–H and O–H groups in total. The van der Waals surface area contributed by atoms with Crippen molar-refractivity contribution >= 4 is 15.7 Å². The number of anilines is 1. The van der Waals surface area contributed by atoms with E-state index in [9.17, 15) is 8.42 Å². The van der Waals surface area contributed by atoms with Gasteiger partial charge in [-0.15, -0.1) is 0 Å². The minimum Gasteiger partial charge on any atom is -0.339 e. The lowest BCUT2D eigenvalue weighted by Crippen LogP contribution is -2.14. The first kappa shape index (κ1) is 19.3. The highest BCUT2D eigenvalue weighted by Crippen LogP contribution is 2.23. The van der Waals surface area contributed by atoms with Crippen LogP contribution < -0.4 is 4.72 Å². The van der Waals surface area contributed by atoms with Crippen LogP contribution in [0.5, 0.6) is 0 Å². The van der Waals surface area contributed by atoms with E-state index in [1.165, 1.54) is 24.3 Å². The van der Waals surface area contributed by atoms with Crippen LogP contribution in [-0.4, -0.2) is 23.5 Å². The molecule has 0 saturated carbocycles. The van der Waals surface area contributed by atoms with Crippen LogP contribution in [0.3, 0.4) is 0 Å². The lowest BCUT2D eigenvalue weighted by Gasteiger charge is -2.11. The smallest absolute Gasteiger partial charge is 0.261 e. The lowest BCUT2D eigenvalue weighted by molar-refractivity contribution is 0.386. The van der Waals surface area contributed by atoms with Crippen LogP contribution in [0.1, 0.15) is 17.0 Å². The fraction of sp³-hybridized carbons (Fsp3) is 0.0476. The Morgan fingerprint density at radius 2 is 1.83 bits per heavy atom. The largest absolute Gasteiger partial charge is 0.339 e. The summed E-state index contributed by atoms with van der Waals surface area (Å²) in [5, 5.41) is 12.8. The fourth-order valence-corrected chi connectivity index (χ4v) is 3.89. The van der Waals surface area contributed by atoms with Gasteiger partial charge in [-0.1, -0.05) is 23.4 Å². The van der Waals surface area contributed by atoms with Crippen LogP contribution in [0.4, 0.5) is 5.69 Å². The maximum absolute atomic E-state index is 12.7. The van der Waals surface area contributed by atoms with Crippen LogP contribution in [0.2, 0.25) is 0 Å². The standard InChI is InChI=1S/C21H15N5O3S/c22-13-15-7-9-18(10-8-15)30(27,28)26-19-6-2-1-4-16(19)12-20-24-21(25-29-20)17-5-3-11-23-14-17/h1-11,14,26H,12H2. The minimum absolute atomic E-state index is 0.0629. The molecule has 4 aromatic rings. The second-order valence-corrected chi connectivity index (χ2v) is 8.01. The summed E-state index contributed by atoms with van der Waals surface area (Å²) < 4.78 is 33.4. The van der Waals surface area contributed by atoms with E-state index in [0.29, 0.717) is 28.5 Å². The van der Waals surface area contributed by atoms with Crippen LogP contribution >= 0.6 is 0 Å².